The van der Waals surface area contributed by atoms with E-state index in [0.717, 1.165) is 0 Å². The Bertz CT molecular complexity index is 1290. The summed E-state index contributed by atoms with van der Waals surface area (Å²) in [6.45, 7) is 0. The number of hydrogen-bond donors (Lipinski definition) is 2. The van der Waals surface area contributed by atoms with Crippen LogP contribution in [-0.4, -0.2) is 36.1 Å². The molecule has 1 saturated heterocycles. The number of benzene rings is 3. The molecule has 3 aromatic rings. The van der Waals surface area contributed by atoms with Gasteiger partial charge in [-0.2, -0.15) is 0 Å². The number of rotatable bonds is 5. The lowest BCUT2D eigenvalue weighted by Gasteiger charge is -2.26. The molecule has 0 spiro atoms. The van der Waals surface area contributed by atoms with Crippen molar-refractivity contribution in [3.63, 3.8) is 0 Å². The Morgan fingerprint density at radius 3 is 2.39 bits per heavy atom. The fourth-order valence-electron chi connectivity index (χ4n) is 3.84. The van der Waals surface area contributed by atoms with Crippen LogP contribution in [0.2, 0.25) is 5.02 Å². The Hall–Kier alpha value is -3.97. The first-order chi connectivity index (χ1) is 15.8. The van der Waals surface area contributed by atoms with Crippen LogP contribution in [0.4, 0.5) is 5.69 Å². The Morgan fingerprint density at radius 2 is 1.73 bits per heavy atom. The molecule has 33 heavy (non-hydrogen) atoms. The van der Waals surface area contributed by atoms with Crippen molar-refractivity contribution in [3.8, 4) is 17.2 Å². The summed E-state index contributed by atoms with van der Waals surface area (Å²) in [6.07, 6.45) is 0. The number of nitrogens with zero attached hydrogens (tertiary/aromatic N) is 1. The van der Waals surface area contributed by atoms with Crippen LogP contribution in [0.5, 0.6) is 17.2 Å². The Kier molecular flexibility index (Phi) is 5.98. The van der Waals surface area contributed by atoms with E-state index in [2.05, 4.69) is 0 Å². The maximum Gasteiger partial charge on any atom is 0.300 e. The van der Waals surface area contributed by atoms with Gasteiger partial charge in [0.1, 0.15) is 11.5 Å². The van der Waals surface area contributed by atoms with Crippen molar-refractivity contribution in [2.24, 2.45) is 0 Å². The van der Waals surface area contributed by atoms with Crippen LogP contribution in [0.15, 0.2) is 72.3 Å². The van der Waals surface area contributed by atoms with E-state index in [1.807, 2.05) is 0 Å². The van der Waals surface area contributed by atoms with Gasteiger partial charge in [0.2, 0.25) is 0 Å². The van der Waals surface area contributed by atoms with Crippen molar-refractivity contribution in [1.82, 2.24) is 0 Å². The topological polar surface area (TPSA) is 96.3 Å². The number of aromatic hydroxyl groups is 1. The van der Waals surface area contributed by atoms with Crippen LogP contribution in [0.1, 0.15) is 17.2 Å². The molecule has 1 aliphatic rings. The van der Waals surface area contributed by atoms with Gasteiger partial charge in [0, 0.05) is 16.3 Å². The highest BCUT2D eigenvalue weighted by Crippen LogP contribution is 2.44. The van der Waals surface area contributed by atoms with E-state index in [9.17, 15) is 19.8 Å². The average Bonchev–Trinajstić information content (AvgIpc) is 3.09. The molecular formula is C25H20ClNO6. The first kappa shape index (κ1) is 22.2. The van der Waals surface area contributed by atoms with Gasteiger partial charge in [0.05, 0.1) is 25.8 Å². The summed E-state index contributed by atoms with van der Waals surface area (Å²) in [5, 5.41) is 21.9. The monoisotopic (exact) mass is 465 g/mol. The summed E-state index contributed by atoms with van der Waals surface area (Å²) in [4.78, 5) is 27.6. The molecule has 1 heterocycles. The Labute approximate surface area is 195 Å². The lowest BCUT2D eigenvalue weighted by atomic mass is 9.94. The number of aliphatic hydroxyl groups is 1. The molecule has 1 fully saturated rings. The van der Waals surface area contributed by atoms with Crippen molar-refractivity contribution in [3.05, 3.63) is 88.5 Å². The third kappa shape index (κ3) is 3.99. The second kappa shape index (κ2) is 8.88. The molecule has 1 unspecified atom stereocenters. The number of phenols is 1. The van der Waals surface area contributed by atoms with E-state index in [4.69, 9.17) is 21.1 Å². The molecule has 2 N–H and O–H groups in total. The van der Waals surface area contributed by atoms with Crippen molar-refractivity contribution in [2.75, 3.05) is 19.1 Å². The molecule has 1 aliphatic heterocycles. The number of ketones is 1. The van der Waals surface area contributed by atoms with Crippen LogP contribution in [0, 0.1) is 0 Å². The van der Waals surface area contributed by atoms with Crippen LogP contribution in [0.25, 0.3) is 5.76 Å². The molecule has 7 nitrogen and oxygen atoms in total. The maximum absolute atomic E-state index is 13.2. The highest BCUT2D eigenvalue weighted by Gasteiger charge is 2.47. The minimum atomic E-state index is -1.02. The van der Waals surface area contributed by atoms with Gasteiger partial charge >= 0.3 is 0 Å². The Balaban J connectivity index is 1.96. The minimum absolute atomic E-state index is 0.127. The van der Waals surface area contributed by atoms with Gasteiger partial charge < -0.3 is 19.7 Å². The largest absolute Gasteiger partial charge is 0.507 e. The molecule has 4 rings (SSSR count). The molecule has 0 aromatic heterocycles. The van der Waals surface area contributed by atoms with Gasteiger partial charge in [-0.3, -0.25) is 14.5 Å². The summed E-state index contributed by atoms with van der Waals surface area (Å²) >= 11 is 6.14. The number of Topliss-reactive ketones (excluding diaryl/α,β-unsaturated/α-hetero) is 1. The third-order valence-corrected chi connectivity index (χ3v) is 5.63. The van der Waals surface area contributed by atoms with E-state index < -0.39 is 17.7 Å². The second-order valence-electron chi connectivity index (χ2n) is 7.31. The molecule has 1 amide bonds. The fourth-order valence-corrected chi connectivity index (χ4v) is 4.03. The summed E-state index contributed by atoms with van der Waals surface area (Å²) in [7, 11) is 2.90. The fraction of sp³-hybridized carbons (Fsp3) is 0.120. The third-order valence-electron chi connectivity index (χ3n) is 5.39. The van der Waals surface area contributed by atoms with Crippen LogP contribution in [-0.2, 0) is 9.59 Å². The average molecular weight is 466 g/mol. The zero-order chi connectivity index (χ0) is 23.7. The second-order valence-corrected chi connectivity index (χ2v) is 7.75. The predicted octanol–water partition coefficient (Wildman–Crippen LogP) is 4.69. The zero-order valence-electron chi connectivity index (χ0n) is 17.8. The number of halogens is 1. The summed E-state index contributed by atoms with van der Waals surface area (Å²) < 4.78 is 10.3. The van der Waals surface area contributed by atoms with Gasteiger partial charge in [-0.05, 0) is 48.0 Å². The highest BCUT2D eigenvalue weighted by atomic mass is 35.5. The SMILES string of the molecule is COc1cccc(/C(O)=C2/C(=O)C(=O)N(c3cccc(Cl)c3)C2c2ccc(OC)c(O)c2)c1. The zero-order valence-corrected chi connectivity index (χ0v) is 18.5. The quantitative estimate of drug-likeness (QED) is 0.322. The smallest absolute Gasteiger partial charge is 0.300 e. The number of carbonyl (C=O) groups excluding carboxylic acids is 2. The van der Waals surface area contributed by atoms with Gasteiger partial charge in [0.15, 0.2) is 11.5 Å². The van der Waals surface area contributed by atoms with Crippen molar-refractivity contribution >= 4 is 34.7 Å². The summed E-state index contributed by atoms with van der Waals surface area (Å²) in [5.74, 6) is -1.53. The lowest BCUT2D eigenvalue weighted by molar-refractivity contribution is -0.132. The first-order valence-corrected chi connectivity index (χ1v) is 10.3. The van der Waals surface area contributed by atoms with E-state index in [1.165, 1.54) is 31.3 Å². The molecular weight excluding hydrogens is 446 g/mol. The molecule has 1 atom stereocenters. The molecule has 3 aromatic carbocycles. The number of amides is 1. The molecule has 8 heteroatoms. The number of hydrogen-bond acceptors (Lipinski definition) is 6. The van der Waals surface area contributed by atoms with Crippen molar-refractivity contribution in [1.29, 1.82) is 0 Å². The molecule has 0 aliphatic carbocycles. The first-order valence-electron chi connectivity index (χ1n) is 9.93. The van der Waals surface area contributed by atoms with Gasteiger partial charge in [0.25, 0.3) is 11.7 Å². The predicted molar refractivity (Wildman–Crippen MR) is 124 cm³/mol. The standard InChI is InChI=1S/C25H20ClNO6/c1-32-18-8-3-5-15(11-18)23(29)21-22(14-9-10-20(33-2)19(28)12-14)27(25(31)24(21)30)17-7-4-6-16(26)13-17/h3-13,22,28-29H,1-2H3/b23-21-. The van der Waals surface area contributed by atoms with E-state index >= 15 is 0 Å². The molecule has 0 radical (unpaired) electrons. The summed E-state index contributed by atoms with van der Waals surface area (Å²) in [6, 6.07) is 16.5. The Morgan fingerprint density at radius 1 is 0.970 bits per heavy atom. The minimum Gasteiger partial charge on any atom is -0.507 e. The number of anilines is 1. The van der Waals surface area contributed by atoms with Gasteiger partial charge in [-0.25, -0.2) is 0 Å². The van der Waals surface area contributed by atoms with E-state index in [0.29, 0.717) is 27.6 Å². The molecule has 168 valence electrons. The number of phenolic OH excluding ortho intramolecular Hbond substituents is 1. The van der Waals surface area contributed by atoms with Crippen LogP contribution < -0.4 is 14.4 Å². The van der Waals surface area contributed by atoms with E-state index in [1.54, 1.807) is 54.6 Å². The molecule has 0 saturated carbocycles. The van der Waals surface area contributed by atoms with Crippen LogP contribution in [0.3, 0.4) is 0 Å². The van der Waals surface area contributed by atoms with Gasteiger partial charge in [-0.15, -0.1) is 0 Å². The number of methoxy groups -OCH3 is 2. The number of aliphatic hydroxyl groups excluding tert-OH is 1. The number of ether oxygens (including phenoxy) is 2. The van der Waals surface area contributed by atoms with Crippen molar-refractivity contribution in [2.45, 2.75) is 6.04 Å². The summed E-state index contributed by atoms with van der Waals surface area (Å²) in [5.41, 5.74) is 0.950. The van der Waals surface area contributed by atoms with Gasteiger partial charge in [-0.1, -0.05) is 35.9 Å². The van der Waals surface area contributed by atoms with Crippen molar-refractivity contribution < 1.29 is 29.3 Å². The van der Waals surface area contributed by atoms with Crippen LogP contribution >= 0.6 is 11.6 Å². The number of carbonyl (C=O) groups is 2. The van der Waals surface area contributed by atoms with E-state index in [-0.39, 0.29) is 22.8 Å². The highest BCUT2D eigenvalue weighted by molar-refractivity contribution is 6.51. The maximum atomic E-state index is 13.2. The molecule has 0 bridgehead atoms. The normalized spacial score (nSPS) is 17.3. The lowest BCUT2D eigenvalue weighted by Crippen LogP contribution is -2.29.